The van der Waals surface area contributed by atoms with E-state index < -0.39 is 23.1 Å². The number of hydrogen-bond donors (Lipinski definition) is 2. The van der Waals surface area contributed by atoms with E-state index in [4.69, 9.17) is 20.4 Å². The highest BCUT2D eigenvalue weighted by molar-refractivity contribution is 6.34. The van der Waals surface area contributed by atoms with Gasteiger partial charge in [-0.25, -0.2) is 9.59 Å². The van der Waals surface area contributed by atoms with Gasteiger partial charge in [-0.1, -0.05) is 72.3 Å². The molecule has 0 atom stereocenters. The molecule has 0 aliphatic rings. The van der Waals surface area contributed by atoms with E-state index in [1.807, 2.05) is 60.7 Å². The van der Waals surface area contributed by atoms with Gasteiger partial charge in [-0.2, -0.15) is 0 Å². The molecule has 0 saturated carbocycles. The lowest BCUT2D eigenvalue weighted by atomic mass is 10.0. The quantitative estimate of drug-likeness (QED) is 0.158. The Morgan fingerprint density at radius 2 is 1.07 bits per heavy atom. The molecule has 7 rings (SSSR count). The second-order valence-electron chi connectivity index (χ2n) is 10.3. The van der Waals surface area contributed by atoms with Gasteiger partial charge < -0.3 is 19.5 Å². The zero-order valence-electron chi connectivity index (χ0n) is 23.1. The second-order valence-corrected chi connectivity index (χ2v) is 10.8. The Balaban J connectivity index is 1.18. The largest absolute Gasteiger partial charge is 0.422 e. The summed E-state index contributed by atoms with van der Waals surface area (Å²) in [6, 6.07) is 28.3. The van der Waals surface area contributed by atoms with Crippen LogP contribution in [0, 0.1) is 6.92 Å². The first-order chi connectivity index (χ1) is 21.3. The van der Waals surface area contributed by atoms with Gasteiger partial charge >= 0.3 is 11.3 Å². The Kier molecular flexibility index (Phi) is 6.48. The summed E-state index contributed by atoms with van der Waals surface area (Å²) < 4.78 is 10.9. The maximum Gasteiger partial charge on any atom is 0.349 e. The molecule has 0 aliphatic carbocycles. The average molecular weight is 601 g/mol. The van der Waals surface area contributed by atoms with Gasteiger partial charge in [0.1, 0.15) is 22.3 Å². The van der Waals surface area contributed by atoms with Gasteiger partial charge in [0.25, 0.3) is 11.8 Å². The van der Waals surface area contributed by atoms with E-state index in [9.17, 15) is 19.2 Å². The van der Waals surface area contributed by atoms with Gasteiger partial charge in [-0.3, -0.25) is 9.59 Å². The highest BCUT2D eigenvalue weighted by Gasteiger charge is 2.20. The fourth-order valence-electron chi connectivity index (χ4n) is 5.35. The highest BCUT2D eigenvalue weighted by Crippen LogP contribution is 2.31. The molecule has 0 unspecified atom stereocenters. The third kappa shape index (κ3) is 4.67. The molecule has 2 aromatic heterocycles. The van der Waals surface area contributed by atoms with Crippen LogP contribution in [-0.4, -0.2) is 11.8 Å². The SMILES string of the molecule is Cc1cc(NC(=O)c2cc3c(ccc4ccccc43)oc2=O)c(Cl)cc1NC(=O)c1cc2c(ccc3ccccc32)oc1=O. The zero-order chi connectivity index (χ0) is 30.5. The van der Waals surface area contributed by atoms with Gasteiger partial charge in [0.2, 0.25) is 0 Å². The summed E-state index contributed by atoms with van der Waals surface area (Å²) in [5, 5.41) is 10.3. The molecule has 7 aromatic rings. The summed E-state index contributed by atoms with van der Waals surface area (Å²) in [7, 11) is 0. The number of rotatable bonds is 4. The Bertz CT molecular complexity index is 2290. The van der Waals surface area contributed by atoms with Crippen molar-refractivity contribution in [2.24, 2.45) is 0 Å². The number of fused-ring (bicyclic) bond motifs is 6. The summed E-state index contributed by atoms with van der Waals surface area (Å²) in [6.07, 6.45) is 0. The summed E-state index contributed by atoms with van der Waals surface area (Å²) in [6.45, 7) is 1.70. The molecule has 5 aromatic carbocycles. The number of halogens is 1. The molecule has 44 heavy (non-hydrogen) atoms. The molecular formula is C35H21ClN2O6. The molecule has 8 nitrogen and oxygen atoms in total. The van der Waals surface area contributed by atoms with Crippen LogP contribution in [-0.2, 0) is 0 Å². The van der Waals surface area contributed by atoms with Crippen molar-refractivity contribution in [2.75, 3.05) is 10.6 Å². The van der Waals surface area contributed by atoms with E-state index in [0.717, 1.165) is 21.5 Å². The highest BCUT2D eigenvalue weighted by atomic mass is 35.5. The molecular weight excluding hydrogens is 580 g/mol. The number of benzene rings is 5. The first kappa shape index (κ1) is 27.1. The molecule has 0 spiro atoms. The topological polar surface area (TPSA) is 119 Å². The number of hydrogen-bond acceptors (Lipinski definition) is 6. The number of carbonyl (C=O) groups is 2. The van der Waals surface area contributed by atoms with Crippen molar-refractivity contribution in [3.05, 3.63) is 140 Å². The number of anilines is 2. The number of aryl methyl sites for hydroxylation is 1. The zero-order valence-corrected chi connectivity index (χ0v) is 23.8. The molecule has 0 bridgehead atoms. The third-order valence-corrected chi connectivity index (χ3v) is 7.90. The molecule has 214 valence electrons. The minimum absolute atomic E-state index is 0.103. The van der Waals surface area contributed by atoms with E-state index in [-0.39, 0.29) is 21.8 Å². The van der Waals surface area contributed by atoms with Crippen LogP contribution in [0.1, 0.15) is 26.3 Å². The van der Waals surface area contributed by atoms with Crippen molar-refractivity contribution >= 4 is 78.3 Å². The van der Waals surface area contributed by atoms with Gasteiger partial charge in [0, 0.05) is 16.5 Å². The smallest absolute Gasteiger partial charge is 0.349 e. The maximum atomic E-state index is 13.2. The Morgan fingerprint density at radius 1 is 0.591 bits per heavy atom. The monoisotopic (exact) mass is 600 g/mol. The summed E-state index contributed by atoms with van der Waals surface area (Å²) in [5.41, 5.74) is -0.0821. The van der Waals surface area contributed by atoms with E-state index in [1.54, 1.807) is 25.1 Å². The van der Waals surface area contributed by atoms with Crippen LogP contribution < -0.4 is 21.9 Å². The Labute approximate surface area is 253 Å². The molecule has 0 fully saturated rings. The van der Waals surface area contributed by atoms with E-state index in [2.05, 4.69) is 10.6 Å². The fraction of sp³-hybridized carbons (Fsp3) is 0.0286. The van der Waals surface area contributed by atoms with Crippen LogP contribution in [0.3, 0.4) is 0 Å². The van der Waals surface area contributed by atoms with E-state index in [0.29, 0.717) is 33.2 Å². The average Bonchev–Trinajstić information content (AvgIpc) is 3.02. The maximum absolute atomic E-state index is 13.2. The van der Waals surface area contributed by atoms with Crippen molar-refractivity contribution in [1.82, 2.24) is 0 Å². The standard InChI is InChI=1S/C35H21ClN2O6/c1-18-14-29(38-33(40)26-16-24-22-9-5-3-7-20(22)11-13-31(24)44-35(26)42)27(36)17-28(18)37-32(39)25-15-23-21-8-4-2-6-19(21)10-12-30(23)43-34(25)41/h2-17H,1H3,(H,37,39)(H,38,40). The molecule has 2 heterocycles. The van der Waals surface area contributed by atoms with Crippen molar-refractivity contribution in [2.45, 2.75) is 6.92 Å². The lowest BCUT2D eigenvalue weighted by Gasteiger charge is -2.13. The normalized spacial score (nSPS) is 11.3. The molecule has 9 heteroatoms. The van der Waals surface area contributed by atoms with Crippen molar-refractivity contribution < 1.29 is 18.4 Å². The number of carbonyl (C=O) groups excluding carboxylic acids is 2. The molecule has 2 amide bonds. The van der Waals surface area contributed by atoms with Crippen LogP contribution in [0.2, 0.25) is 5.02 Å². The first-order valence-corrected chi connectivity index (χ1v) is 14.0. The Hall–Kier alpha value is -5.73. The molecule has 0 radical (unpaired) electrons. The lowest BCUT2D eigenvalue weighted by molar-refractivity contribution is 0.101. The summed E-state index contributed by atoms with van der Waals surface area (Å²) >= 11 is 6.50. The van der Waals surface area contributed by atoms with Crippen molar-refractivity contribution in [3.63, 3.8) is 0 Å². The van der Waals surface area contributed by atoms with Crippen LogP contribution in [0.4, 0.5) is 11.4 Å². The minimum Gasteiger partial charge on any atom is -0.422 e. The first-order valence-electron chi connectivity index (χ1n) is 13.6. The van der Waals surface area contributed by atoms with Crippen LogP contribution in [0.15, 0.2) is 115 Å². The van der Waals surface area contributed by atoms with Crippen LogP contribution in [0.25, 0.3) is 43.5 Å². The van der Waals surface area contributed by atoms with Gasteiger partial charge in [-0.15, -0.1) is 0 Å². The van der Waals surface area contributed by atoms with Crippen LogP contribution in [0.5, 0.6) is 0 Å². The Morgan fingerprint density at radius 3 is 1.59 bits per heavy atom. The van der Waals surface area contributed by atoms with E-state index >= 15 is 0 Å². The molecule has 2 N–H and O–H groups in total. The van der Waals surface area contributed by atoms with Gasteiger partial charge in [0.15, 0.2) is 0 Å². The second kappa shape index (κ2) is 10.5. The summed E-state index contributed by atoms with van der Waals surface area (Å²) in [4.78, 5) is 51.9. The van der Waals surface area contributed by atoms with Crippen LogP contribution >= 0.6 is 11.6 Å². The predicted octanol–water partition coefficient (Wildman–Crippen LogP) is 7.67. The summed E-state index contributed by atoms with van der Waals surface area (Å²) in [5.74, 6) is -1.38. The predicted molar refractivity (Wildman–Crippen MR) is 172 cm³/mol. The van der Waals surface area contributed by atoms with E-state index in [1.165, 1.54) is 18.2 Å². The van der Waals surface area contributed by atoms with Gasteiger partial charge in [0.05, 0.1) is 10.7 Å². The minimum atomic E-state index is -0.788. The van der Waals surface area contributed by atoms with Gasteiger partial charge in [-0.05, 0) is 70.4 Å². The lowest BCUT2D eigenvalue weighted by Crippen LogP contribution is -2.22. The third-order valence-electron chi connectivity index (χ3n) is 7.58. The fourth-order valence-corrected chi connectivity index (χ4v) is 5.56. The molecule has 0 saturated heterocycles. The van der Waals surface area contributed by atoms with Crippen molar-refractivity contribution in [3.8, 4) is 0 Å². The molecule has 0 aliphatic heterocycles. The van der Waals surface area contributed by atoms with Crippen molar-refractivity contribution in [1.29, 1.82) is 0 Å². The number of nitrogens with one attached hydrogen (secondary N) is 2. The number of amides is 2.